The molecule has 1 aliphatic rings. The number of hydrogen-bond acceptors (Lipinski definition) is 2. The van der Waals surface area contributed by atoms with Crippen molar-refractivity contribution < 1.29 is 31.0 Å². The maximum atomic E-state index is 11.8. The Morgan fingerprint density at radius 3 is 2.12 bits per heavy atom. The highest BCUT2D eigenvalue weighted by atomic mass is 79.9. The number of carbonyl (C=O) groups excluding carboxylic acids is 1. The molecule has 0 aromatic rings. The summed E-state index contributed by atoms with van der Waals surface area (Å²) in [6.07, 6.45) is 16.2. The minimum atomic E-state index is -0.178. The molecular formula is C20H37BrN2O2. The number of halogens is 1. The molecule has 0 bridgehead atoms. The van der Waals surface area contributed by atoms with Crippen molar-refractivity contribution in [2.45, 2.75) is 65.2 Å². The zero-order chi connectivity index (χ0) is 17.7. The summed E-state index contributed by atoms with van der Waals surface area (Å²) in [5.41, 5.74) is 0. The number of nitrogens with zero attached hydrogens (tertiary/aromatic N) is 2. The molecule has 0 aliphatic carbocycles. The summed E-state index contributed by atoms with van der Waals surface area (Å²) >= 11 is 0. The van der Waals surface area contributed by atoms with Gasteiger partial charge in [0.05, 0.1) is 39.3 Å². The third-order valence-electron chi connectivity index (χ3n) is 5.13. The molecule has 25 heavy (non-hydrogen) atoms. The highest BCUT2D eigenvalue weighted by molar-refractivity contribution is 5.67. The zero-order valence-electron chi connectivity index (χ0n) is 16.3. The first kappa shape index (κ1) is 24.3. The van der Waals surface area contributed by atoms with Crippen molar-refractivity contribution in [3.8, 4) is 12.3 Å². The Balaban J connectivity index is 0.00000576. The second kappa shape index (κ2) is 14.4. The Hall–Kier alpha value is -0.730. The molecule has 0 spiro atoms. The summed E-state index contributed by atoms with van der Waals surface area (Å²) < 4.78 is 6.08. The van der Waals surface area contributed by atoms with E-state index in [-0.39, 0.29) is 23.1 Å². The first-order valence-corrected chi connectivity index (χ1v) is 9.87. The summed E-state index contributed by atoms with van der Waals surface area (Å²) in [7, 11) is 0. The van der Waals surface area contributed by atoms with Gasteiger partial charge in [0, 0.05) is 0 Å². The summed E-state index contributed by atoms with van der Waals surface area (Å²) in [6, 6.07) is 0. The molecule has 0 aromatic heterocycles. The molecule has 0 atom stereocenters. The predicted octanol–water partition coefficient (Wildman–Crippen LogP) is 1.05. The van der Waals surface area contributed by atoms with Gasteiger partial charge in [0.25, 0.3) is 0 Å². The predicted molar refractivity (Wildman–Crippen MR) is 99.8 cm³/mol. The van der Waals surface area contributed by atoms with Crippen LogP contribution in [0.1, 0.15) is 65.2 Å². The third-order valence-corrected chi connectivity index (χ3v) is 5.13. The van der Waals surface area contributed by atoms with E-state index in [9.17, 15) is 4.79 Å². The molecule has 4 nitrogen and oxygen atoms in total. The Labute approximate surface area is 165 Å². The topological polar surface area (TPSA) is 29.5 Å². The van der Waals surface area contributed by atoms with E-state index in [1.54, 1.807) is 0 Å². The number of amides is 1. The molecule has 1 fully saturated rings. The fraction of sp³-hybridized carbons (Fsp3) is 0.850. The second-order valence-corrected chi connectivity index (χ2v) is 7.04. The van der Waals surface area contributed by atoms with E-state index < -0.39 is 0 Å². The fourth-order valence-corrected chi connectivity index (χ4v) is 3.52. The van der Waals surface area contributed by atoms with Gasteiger partial charge in [0.15, 0.2) is 0 Å². The van der Waals surface area contributed by atoms with Crippen molar-refractivity contribution in [3.63, 3.8) is 0 Å². The maximum Gasteiger partial charge on any atom is 0.410 e. The van der Waals surface area contributed by atoms with Crippen LogP contribution >= 0.6 is 0 Å². The maximum absolute atomic E-state index is 11.8. The van der Waals surface area contributed by atoms with Gasteiger partial charge in [-0.05, 0) is 25.7 Å². The lowest BCUT2D eigenvalue weighted by molar-refractivity contribution is -0.925. The van der Waals surface area contributed by atoms with E-state index >= 15 is 0 Å². The van der Waals surface area contributed by atoms with Crippen LogP contribution in [-0.2, 0) is 4.74 Å². The SMILES string of the molecule is C#CC[N+]1(CCCCCCCCCC)CCN(C(=O)OCC)CC1.[Br-]. The van der Waals surface area contributed by atoms with Crippen LogP contribution in [0.25, 0.3) is 0 Å². The van der Waals surface area contributed by atoms with Crippen LogP contribution in [0.5, 0.6) is 0 Å². The first-order chi connectivity index (χ1) is 11.7. The minimum absolute atomic E-state index is 0. The van der Waals surface area contributed by atoms with Crippen LogP contribution in [0.15, 0.2) is 0 Å². The Bertz CT molecular complexity index is 388. The lowest BCUT2D eigenvalue weighted by Gasteiger charge is -2.43. The highest BCUT2D eigenvalue weighted by Crippen LogP contribution is 2.17. The molecule has 1 rings (SSSR count). The molecular weight excluding hydrogens is 380 g/mol. The van der Waals surface area contributed by atoms with E-state index in [0.717, 1.165) is 43.8 Å². The molecule has 1 saturated heterocycles. The second-order valence-electron chi connectivity index (χ2n) is 7.04. The quantitative estimate of drug-likeness (QED) is 0.286. The first-order valence-electron chi connectivity index (χ1n) is 9.87. The van der Waals surface area contributed by atoms with Crippen molar-refractivity contribution in [3.05, 3.63) is 0 Å². The third kappa shape index (κ3) is 9.51. The standard InChI is InChI=1S/C20H37N2O2.BrH/c1-4-7-8-9-10-11-12-13-17-22(16-5-2)18-14-21(15-19-22)20(23)24-6-3;/h2H,4,6-19H2,1,3H3;1H/q+1;/p-1. The summed E-state index contributed by atoms with van der Waals surface area (Å²) in [6.45, 7) is 9.92. The summed E-state index contributed by atoms with van der Waals surface area (Å²) in [5.74, 6) is 2.86. The monoisotopic (exact) mass is 416 g/mol. The number of quaternary nitrogens is 1. The molecule has 1 amide bonds. The van der Waals surface area contributed by atoms with Crippen LogP contribution in [0.4, 0.5) is 4.79 Å². The smallest absolute Gasteiger partial charge is 0.410 e. The number of piperazine rings is 1. The molecule has 0 radical (unpaired) electrons. The van der Waals surface area contributed by atoms with Gasteiger partial charge in [0.1, 0.15) is 6.54 Å². The van der Waals surface area contributed by atoms with Crippen LogP contribution in [0.2, 0.25) is 0 Å². The van der Waals surface area contributed by atoms with E-state index in [0.29, 0.717) is 6.61 Å². The number of hydrogen-bond donors (Lipinski definition) is 0. The lowest BCUT2D eigenvalue weighted by atomic mass is 10.1. The molecule has 146 valence electrons. The van der Waals surface area contributed by atoms with Crippen molar-refractivity contribution >= 4 is 6.09 Å². The van der Waals surface area contributed by atoms with E-state index in [4.69, 9.17) is 11.2 Å². The van der Waals surface area contributed by atoms with Gasteiger partial charge in [-0.15, -0.1) is 6.42 Å². The van der Waals surface area contributed by atoms with Crippen molar-refractivity contribution in [1.29, 1.82) is 0 Å². The Morgan fingerprint density at radius 2 is 1.60 bits per heavy atom. The molecule has 0 saturated carbocycles. The van der Waals surface area contributed by atoms with Crippen molar-refractivity contribution in [1.82, 2.24) is 4.90 Å². The van der Waals surface area contributed by atoms with Gasteiger partial charge in [-0.25, -0.2) is 4.79 Å². The van der Waals surface area contributed by atoms with Crippen LogP contribution in [-0.4, -0.2) is 61.4 Å². The number of carbonyl (C=O) groups is 1. The van der Waals surface area contributed by atoms with E-state index in [1.165, 1.54) is 51.4 Å². The van der Waals surface area contributed by atoms with E-state index in [1.807, 2.05) is 11.8 Å². The van der Waals surface area contributed by atoms with Crippen molar-refractivity contribution in [2.75, 3.05) is 45.9 Å². The van der Waals surface area contributed by atoms with Crippen LogP contribution in [0.3, 0.4) is 0 Å². The van der Waals surface area contributed by atoms with Gasteiger partial charge in [-0.2, -0.15) is 0 Å². The van der Waals surface area contributed by atoms with E-state index in [2.05, 4.69) is 12.8 Å². The molecule has 1 heterocycles. The summed E-state index contributed by atoms with van der Waals surface area (Å²) in [4.78, 5) is 13.7. The fourth-order valence-electron chi connectivity index (χ4n) is 3.52. The van der Waals surface area contributed by atoms with Crippen molar-refractivity contribution in [2.24, 2.45) is 0 Å². The lowest BCUT2D eigenvalue weighted by Crippen LogP contribution is -3.00. The molecule has 0 unspecified atom stereocenters. The minimum Gasteiger partial charge on any atom is -1.00 e. The van der Waals surface area contributed by atoms with Crippen LogP contribution in [0, 0.1) is 12.3 Å². The Kier molecular flexibility index (Phi) is 14.0. The number of unbranched alkanes of at least 4 members (excludes halogenated alkanes) is 7. The number of terminal acetylenes is 1. The van der Waals surface area contributed by atoms with Gasteiger partial charge in [0.2, 0.25) is 0 Å². The average molecular weight is 417 g/mol. The van der Waals surface area contributed by atoms with Gasteiger partial charge in [-0.3, -0.25) is 4.90 Å². The summed E-state index contributed by atoms with van der Waals surface area (Å²) in [5, 5.41) is 0. The normalized spacial score (nSPS) is 16.0. The zero-order valence-corrected chi connectivity index (χ0v) is 17.9. The molecule has 1 aliphatic heterocycles. The number of rotatable bonds is 11. The highest BCUT2D eigenvalue weighted by Gasteiger charge is 2.33. The van der Waals surface area contributed by atoms with Crippen LogP contribution < -0.4 is 17.0 Å². The van der Waals surface area contributed by atoms with Gasteiger partial charge < -0.3 is 26.2 Å². The number of ether oxygens (including phenoxy) is 1. The van der Waals surface area contributed by atoms with Gasteiger partial charge in [-0.1, -0.05) is 45.4 Å². The van der Waals surface area contributed by atoms with Gasteiger partial charge >= 0.3 is 6.09 Å². The average Bonchev–Trinajstić information content (AvgIpc) is 2.58. The molecule has 0 N–H and O–H groups in total. The molecule has 0 aromatic carbocycles. The Morgan fingerprint density at radius 1 is 1.04 bits per heavy atom. The molecule has 5 heteroatoms. The largest absolute Gasteiger partial charge is 1.00 e.